The minimum absolute atomic E-state index is 0.290. The lowest BCUT2D eigenvalue weighted by atomic mass is 9.80. The molecular weight excluding hydrogens is 416 g/mol. The molecule has 8 nitrogen and oxygen atoms in total. The van der Waals surface area contributed by atoms with Crippen molar-refractivity contribution >= 4 is 29.1 Å². The summed E-state index contributed by atoms with van der Waals surface area (Å²) in [5.41, 5.74) is 1.80. The van der Waals surface area contributed by atoms with Crippen LogP contribution in [-0.2, 0) is 16.8 Å². The summed E-state index contributed by atoms with van der Waals surface area (Å²) >= 11 is 1.60. The summed E-state index contributed by atoms with van der Waals surface area (Å²) in [4.78, 5) is 41.5. The minimum atomic E-state index is -1.04. The highest BCUT2D eigenvalue weighted by molar-refractivity contribution is 7.10. The fourth-order valence-electron chi connectivity index (χ4n) is 4.77. The zero-order chi connectivity index (χ0) is 21.9. The van der Waals surface area contributed by atoms with Crippen LogP contribution in [0.2, 0.25) is 0 Å². The molecule has 31 heavy (non-hydrogen) atoms. The Morgan fingerprint density at radius 3 is 2.84 bits per heavy atom. The van der Waals surface area contributed by atoms with Gasteiger partial charge in [0.05, 0.1) is 6.54 Å². The molecule has 160 valence electrons. The van der Waals surface area contributed by atoms with E-state index in [9.17, 15) is 14.4 Å². The third-order valence-electron chi connectivity index (χ3n) is 6.21. The second-order valence-corrected chi connectivity index (χ2v) is 9.18. The maximum Gasteiger partial charge on any atom is 0.325 e. The summed E-state index contributed by atoms with van der Waals surface area (Å²) in [6.45, 7) is 5.19. The van der Waals surface area contributed by atoms with E-state index in [0.29, 0.717) is 29.3 Å². The van der Waals surface area contributed by atoms with Gasteiger partial charge in [-0.2, -0.15) is 0 Å². The molecule has 3 amide bonds. The van der Waals surface area contributed by atoms with Crippen molar-refractivity contribution in [3.63, 3.8) is 0 Å². The van der Waals surface area contributed by atoms with Crippen molar-refractivity contribution in [1.29, 1.82) is 0 Å². The molecule has 0 saturated carbocycles. The molecule has 1 unspecified atom stereocenters. The van der Waals surface area contributed by atoms with Gasteiger partial charge in [0.25, 0.3) is 5.91 Å². The van der Waals surface area contributed by atoms with Crippen LogP contribution in [-0.4, -0.2) is 38.9 Å². The monoisotopic (exact) mass is 438 g/mol. The van der Waals surface area contributed by atoms with Gasteiger partial charge >= 0.3 is 6.03 Å². The summed E-state index contributed by atoms with van der Waals surface area (Å²) < 4.78 is 6.99. The molecule has 0 aromatic carbocycles. The standard InChI is InChI=1S/C22H22N4O4S/c1-12-9-15(14(3)26(12)19-10-13(2)30-24-19)17(27)11-25-20(28)22(23-21(25)29)7-4-5-18-16(22)6-8-31-18/h6,8-10H,4-5,7,11H2,1-3H3,(H,23,29). The van der Waals surface area contributed by atoms with Gasteiger partial charge in [0.2, 0.25) is 0 Å². The largest absolute Gasteiger partial charge is 0.360 e. The lowest BCUT2D eigenvalue weighted by Gasteiger charge is -2.31. The lowest BCUT2D eigenvalue weighted by molar-refractivity contribution is -0.131. The van der Waals surface area contributed by atoms with E-state index >= 15 is 0 Å². The van der Waals surface area contributed by atoms with E-state index in [1.807, 2.05) is 29.9 Å². The van der Waals surface area contributed by atoms with Crippen molar-refractivity contribution in [3.8, 4) is 5.82 Å². The van der Waals surface area contributed by atoms with Crippen LogP contribution in [0.5, 0.6) is 0 Å². The number of carbonyl (C=O) groups excluding carboxylic acids is 3. The Hall–Kier alpha value is -3.20. The molecule has 0 bridgehead atoms. The first-order valence-electron chi connectivity index (χ1n) is 10.2. The highest BCUT2D eigenvalue weighted by Crippen LogP contribution is 2.42. The number of nitrogens with zero attached hydrogens (tertiary/aromatic N) is 3. The molecule has 4 heterocycles. The number of Topliss-reactive ketones (excluding diaryl/α,β-unsaturated/α-hetero) is 1. The first-order valence-corrected chi connectivity index (χ1v) is 11.1. The molecule has 3 aromatic rings. The van der Waals surface area contributed by atoms with Crippen LogP contribution in [0.25, 0.3) is 5.82 Å². The Morgan fingerprint density at radius 1 is 1.29 bits per heavy atom. The number of hydrogen-bond donors (Lipinski definition) is 1. The van der Waals surface area contributed by atoms with Crippen molar-refractivity contribution in [1.82, 2.24) is 19.9 Å². The Balaban J connectivity index is 1.43. The number of aryl methyl sites for hydroxylation is 3. The molecule has 2 aliphatic rings. The van der Waals surface area contributed by atoms with Gasteiger partial charge in [-0.3, -0.25) is 19.1 Å². The highest BCUT2D eigenvalue weighted by Gasteiger charge is 2.54. The molecule has 1 fully saturated rings. The molecule has 9 heteroatoms. The lowest BCUT2D eigenvalue weighted by Crippen LogP contribution is -2.46. The van der Waals surface area contributed by atoms with Crippen molar-refractivity contribution < 1.29 is 18.9 Å². The maximum atomic E-state index is 13.4. The number of carbonyl (C=O) groups is 3. The molecule has 1 atom stereocenters. The molecule has 3 aromatic heterocycles. The average molecular weight is 439 g/mol. The normalized spacial score (nSPS) is 20.4. The van der Waals surface area contributed by atoms with E-state index < -0.39 is 11.6 Å². The van der Waals surface area contributed by atoms with E-state index in [2.05, 4.69) is 10.5 Å². The van der Waals surface area contributed by atoms with Gasteiger partial charge in [0.1, 0.15) is 11.3 Å². The van der Waals surface area contributed by atoms with E-state index in [1.54, 1.807) is 30.4 Å². The van der Waals surface area contributed by atoms with Crippen molar-refractivity contribution in [2.45, 2.75) is 45.6 Å². The predicted octanol–water partition coefficient (Wildman–Crippen LogP) is 3.42. The second-order valence-electron chi connectivity index (χ2n) is 8.18. The summed E-state index contributed by atoms with van der Waals surface area (Å²) in [6, 6.07) is 4.94. The number of imide groups is 1. The van der Waals surface area contributed by atoms with Crippen LogP contribution in [0.15, 0.2) is 28.1 Å². The minimum Gasteiger partial charge on any atom is -0.360 e. The van der Waals surface area contributed by atoms with Gasteiger partial charge in [-0.15, -0.1) is 11.3 Å². The molecular formula is C22H22N4O4S. The molecule has 1 aliphatic carbocycles. The number of fused-ring (bicyclic) bond motifs is 2. The third-order valence-corrected chi connectivity index (χ3v) is 7.20. The van der Waals surface area contributed by atoms with Crippen LogP contribution in [0, 0.1) is 20.8 Å². The SMILES string of the molecule is Cc1cc(-n2c(C)cc(C(=O)CN3C(=O)NC4(CCCc5sccc54)C3=O)c2C)no1. The van der Waals surface area contributed by atoms with Gasteiger partial charge in [-0.25, -0.2) is 4.79 Å². The maximum absolute atomic E-state index is 13.4. The Morgan fingerprint density at radius 2 is 2.10 bits per heavy atom. The number of amides is 3. The molecule has 1 spiro atoms. The predicted molar refractivity (Wildman–Crippen MR) is 114 cm³/mol. The quantitative estimate of drug-likeness (QED) is 0.497. The van der Waals surface area contributed by atoms with Crippen LogP contribution in [0.1, 0.15) is 50.8 Å². The summed E-state index contributed by atoms with van der Waals surface area (Å²) in [6.07, 6.45) is 2.27. The zero-order valence-corrected chi connectivity index (χ0v) is 18.3. The third kappa shape index (κ3) is 2.87. The Labute approximate surface area is 182 Å². The number of rotatable bonds is 4. The number of hydrogen-bond acceptors (Lipinski definition) is 6. The van der Waals surface area contributed by atoms with Crippen LogP contribution < -0.4 is 5.32 Å². The first-order chi connectivity index (χ1) is 14.8. The topological polar surface area (TPSA) is 97.4 Å². The highest BCUT2D eigenvalue weighted by atomic mass is 32.1. The van der Waals surface area contributed by atoms with Gasteiger partial charge in [0.15, 0.2) is 11.6 Å². The number of nitrogens with one attached hydrogen (secondary N) is 1. The summed E-state index contributed by atoms with van der Waals surface area (Å²) in [7, 11) is 0. The average Bonchev–Trinajstić information content (AvgIpc) is 3.48. The molecule has 1 N–H and O–H groups in total. The zero-order valence-electron chi connectivity index (χ0n) is 17.5. The first kappa shape index (κ1) is 19.7. The smallest absolute Gasteiger partial charge is 0.325 e. The number of ketones is 1. The molecule has 0 radical (unpaired) electrons. The number of urea groups is 1. The molecule has 1 aliphatic heterocycles. The number of aromatic nitrogens is 2. The van der Waals surface area contributed by atoms with E-state index in [0.717, 1.165) is 33.9 Å². The van der Waals surface area contributed by atoms with Crippen molar-refractivity contribution in [3.05, 3.63) is 56.7 Å². The second kappa shape index (κ2) is 6.91. The van der Waals surface area contributed by atoms with Crippen LogP contribution in [0.3, 0.4) is 0 Å². The van der Waals surface area contributed by atoms with Crippen molar-refractivity contribution in [2.75, 3.05) is 6.54 Å². The van der Waals surface area contributed by atoms with Gasteiger partial charge in [0, 0.05) is 33.5 Å². The van der Waals surface area contributed by atoms with E-state index in [-0.39, 0.29) is 18.2 Å². The fraction of sp³-hybridized carbons (Fsp3) is 0.364. The van der Waals surface area contributed by atoms with Gasteiger partial charge in [-0.1, -0.05) is 5.16 Å². The van der Waals surface area contributed by atoms with E-state index in [4.69, 9.17) is 4.52 Å². The van der Waals surface area contributed by atoms with Crippen molar-refractivity contribution in [2.24, 2.45) is 0 Å². The van der Waals surface area contributed by atoms with Gasteiger partial charge < -0.3 is 9.84 Å². The fourth-order valence-corrected chi connectivity index (χ4v) is 5.77. The van der Waals surface area contributed by atoms with E-state index in [1.165, 1.54) is 0 Å². The molecule has 1 saturated heterocycles. The van der Waals surface area contributed by atoms with Gasteiger partial charge in [-0.05, 0) is 57.5 Å². The summed E-state index contributed by atoms with van der Waals surface area (Å²) in [5.74, 6) is 0.626. The van der Waals surface area contributed by atoms with Crippen LogP contribution >= 0.6 is 11.3 Å². The number of thiophene rings is 1. The Kier molecular flexibility index (Phi) is 4.40. The molecule has 5 rings (SSSR count). The van der Waals surface area contributed by atoms with Crippen LogP contribution in [0.4, 0.5) is 4.79 Å². The Bertz CT molecular complexity index is 1240. The summed E-state index contributed by atoms with van der Waals surface area (Å²) in [5, 5.41) is 8.87.